The Balaban J connectivity index is 1.54. The van der Waals surface area contributed by atoms with Crippen molar-refractivity contribution in [1.82, 2.24) is 0 Å². The van der Waals surface area contributed by atoms with Gasteiger partial charge in [0.05, 0.1) is 0 Å². The van der Waals surface area contributed by atoms with Gasteiger partial charge in [0.1, 0.15) is 0 Å². The molecule has 0 heteroatoms. The van der Waals surface area contributed by atoms with Crippen molar-refractivity contribution in [3.05, 3.63) is 0 Å². The molecule has 5 saturated carbocycles. The molecule has 5 aliphatic carbocycles. The lowest BCUT2D eigenvalue weighted by atomic mass is 9.32. The van der Waals surface area contributed by atoms with E-state index in [9.17, 15) is 0 Å². The van der Waals surface area contributed by atoms with Crippen LogP contribution < -0.4 is 0 Å². The molecule has 14 heavy (non-hydrogen) atoms. The van der Waals surface area contributed by atoms with Crippen LogP contribution >= 0.6 is 0 Å². The third-order valence-electron chi connectivity index (χ3n) is 7.31. The number of hydrogen-bond acceptors (Lipinski definition) is 0. The minimum absolute atomic E-state index is 1.13. The molecule has 0 spiro atoms. The summed E-state index contributed by atoms with van der Waals surface area (Å²) in [6.07, 6.45) is 6.42. The van der Waals surface area contributed by atoms with E-state index in [0.29, 0.717) is 0 Å². The fourth-order valence-corrected chi connectivity index (χ4v) is 6.62. The van der Waals surface area contributed by atoms with E-state index in [-0.39, 0.29) is 0 Å². The Morgan fingerprint density at radius 1 is 0.571 bits per heavy atom. The highest BCUT2D eigenvalue weighted by atomic mass is 14.8. The van der Waals surface area contributed by atoms with Crippen molar-refractivity contribution in [2.75, 3.05) is 0 Å². The van der Waals surface area contributed by atoms with Crippen molar-refractivity contribution in [3.63, 3.8) is 0 Å². The maximum Gasteiger partial charge on any atom is -0.0315 e. The first-order valence-corrected chi connectivity index (χ1v) is 6.88. The van der Waals surface area contributed by atoms with Gasteiger partial charge in [-0.05, 0) is 78.9 Å². The second kappa shape index (κ2) is 1.95. The molecule has 9 unspecified atom stereocenters. The smallest absolute Gasteiger partial charge is 0.0315 e. The zero-order valence-electron chi connectivity index (χ0n) is 9.02. The van der Waals surface area contributed by atoms with Gasteiger partial charge in [0.15, 0.2) is 0 Å². The van der Waals surface area contributed by atoms with Gasteiger partial charge in [-0.2, -0.15) is 0 Å². The minimum Gasteiger partial charge on any atom is -0.0619 e. The lowest BCUT2D eigenvalue weighted by molar-refractivity contribution is -0.255. The van der Waals surface area contributed by atoms with Crippen LogP contribution in [0.15, 0.2) is 0 Å². The summed E-state index contributed by atoms with van der Waals surface area (Å²) in [5.74, 6) is 11.0. The lowest BCUT2D eigenvalue weighted by Gasteiger charge is -2.73. The summed E-state index contributed by atoms with van der Waals surface area (Å²) in [7, 11) is 0. The normalized spacial score (nSPS) is 76.5. The van der Waals surface area contributed by atoms with Gasteiger partial charge < -0.3 is 0 Å². The van der Waals surface area contributed by atoms with Crippen LogP contribution in [0.3, 0.4) is 0 Å². The van der Waals surface area contributed by atoms with Crippen LogP contribution in [-0.4, -0.2) is 0 Å². The highest BCUT2D eigenvalue weighted by molar-refractivity contribution is 5.22. The summed E-state index contributed by atoms with van der Waals surface area (Å²) < 4.78 is 0. The highest BCUT2D eigenvalue weighted by Crippen LogP contribution is 2.80. The van der Waals surface area contributed by atoms with Crippen molar-refractivity contribution < 1.29 is 0 Å². The molecule has 9 atom stereocenters. The zero-order valence-corrected chi connectivity index (χ0v) is 9.02. The van der Waals surface area contributed by atoms with Gasteiger partial charge in [0.25, 0.3) is 0 Å². The van der Waals surface area contributed by atoms with E-state index >= 15 is 0 Å². The van der Waals surface area contributed by atoms with Gasteiger partial charge in [-0.3, -0.25) is 0 Å². The summed E-state index contributed by atoms with van der Waals surface area (Å²) in [6.45, 7) is 2.59. The Kier molecular flexibility index (Phi) is 1.02. The van der Waals surface area contributed by atoms with Gasteiger partial charge in [-0.15, -0.1) is 0 Å². The second-order valence-electron chi connectivity index (χ2n) is 6.98. The third kappa shape index (κ3) is 0.498. The van der Waals surface area contributed by atoms with Gasteiger partial charge in [-0.25, -0.2) is 0 Å². The number of hydrogen-bond donors (Lipinski definition) is 0. The molecule has 0 aromatic heterocycles. The molecule has 0 bridgehead atoms. The molecule has 0 heterocycles. The Morgan fingerprint density at radius 2 is 1.00 bits per heavy atom. The maximum absolute atomic E-state index is 2.59. The standard InChI is InChI=1S/C14H20/c1-6-7-2-3-8(7)12-11(6)13-9-4-5-10(9)14(12)13/h6-14H,2-5H2,1H3. The highest BCUT2D eigenvalue weighted by Gasteiger charge is 2.75. The molecular formula is C14H20. The van der Waals surface area contributed by atoms with Crippen LogP contribution in [-0.2, 0) is 0 Å². The van der Waals surface area contributed by atoms with E-state index < -0.39 is 0 Å². The van der Waals surface area contributed by atoms with Crippen molar-refractivity contribution in [3.8, 4) is 0 Å². The molecule has 0 aromatic rings. The van der Waals surface area contributed by atoms with E-state index in [2.05, 4.69) is 6.92 Å². The van der Waals surface area contributed by atoms with E-state index in [4.69, 9.17) is 0 Å². The summed E-state index contributed by atoms with van der Waals surface area (Å²) in [6, 6.07) is 0. The zero-order chi connectivity index (χ0) is 9.02. The van der Waals surface area contributed by atoms with Crippen LogP contribution in [0.4, 0.5) is 0 Å². The van der Waals surface area contributed by atoms with Gasteiger partial charge in [-0.1, -0.05) is 6.92 Å². The van der Waals surface area contributed by atoms with Crippen LogP contribution in [0, 0.1) is 53.3 Å². The van der Waals surface area contributed by atoms with Crippen LogP contribution in [0.5, 0.6) is 0 Å². The van der Waals surface area contributed by atoms with E-state index in [0.717, 1.165) is 5.92 Å². The summed E-state index contributed by atoms with van der Waals surface area (Å²) in [4.78, 5) is 0. The Hall–Kier alpha value is 0. The van der Waals surface area contributed by atoms with Crippen molar-refractivity contribution >= 4 is 0 Å². The molecule has 0 radical (unpaired) electrons. The average molecular weight is 188 g/mol. The van der Waals surface area contributed by atoms with Gasteiger partial charge in [0.2, 0.25) is 0 Å². The number of fused-ring (bicyclic) bond motifs is 9. The molecular weight excluding hydrogens is 168 g/mol. The molecule has 0 saturated heterocycles. The first-order valence-electron chi connectivity index (χ1n) is 6.88. The van der Waals surface area contributed by atoms with E-state index in [1.54, 1.807) is 25.7 Å². The van der Waals surface area contributed by atoms with Crippen molar-refractivity contribution in [2.24, 2.45) is 53.3 Å². The summed E-state index contributed by atoms with van der Waals surface area (Å²) in [5, 5.41) is 0. The SMILES string of the molecule is CC1C2CCC2C2C1C1C3CCC3C21. The van der Waals surface area contributed by atoms with E-state index in [1.807, 2.05) is 0 Å². The molecule has 76 valence electrons. The Bertz CT molecular complexity index is 283. The molecule has 5 aliphatic rings. The fraction of sp³-hybridized carbons (Fsp3) is 1.00. The van der Waals surface area contributed by atoms with Gasteiger partial charge >= 0.3 is 0 Å². The molecule has 0 aromatic carbocycles. The molecule has 0 amide bonds. The van der Waals surface area contributed by atoms with Gasteiger partial charge in [0, 0.05) is 0 Å². The van der Waals surface area contributed by atoms with Crippen LogP contribution in [0.25, 0.3) is 0 Å². The second-order valence-corrected chi connectivity index (χ2v) is 6.98. The first-order chi connectivity index (χ1) is 6.88. The minimum atomic E-state index is 1.13. The molecule has 0 nitrogen and oxygen atoms in total. The Morgan fingerprint density at radius 3 is 1.50 bits per heavy atom. The third-order valence-corrected chi connectivity index (χ3v) is 7.31. The van der Waals surface area contributed by atoms with E-state index in [1.165, 1.54) is 47.3 Å². The maximum atomic E-state index is 2.59. The first kappa shape index (κ1) is 7.30. The number of rotatable bonds is 0. The van der Waals surface area contributed by atoms with Crippen LogP contribution in [0.1, 0.15) is 32.6 Å². The lowest BCUT2D eigenvalue weighted by Crippen LogP contribution is -2.68. The quantitative estimate of drug-likeness (QED) is 0.547. The monoisotopic (exact) mass is 188 g/mol. The summed E-state index contributed by atoms with van der Waals surface area (Å²) in [5.41, 5.74) is 0. The predicted molar refractivity (Wildman–Crippen MR) is 55.6 cm³/mol. The average Bonchev–Trinajstić information content (AvgIpc) is 2.22. The summed E-state index contributed by atoms with van der Waals surface area (Å²) >= 11 is 0. The fourth-order valence-electron chi connectivity index (χ4n) is 6.62. The molecule has 5 rings (SSSR count). The van der Waals surface area contributed by atoms with Crippen molar-refractivity contribution in [1.29, 1.82) is 0 Å². The largest absolute Gasteiger partial charge is 0.0619 e. The molecule has 0 N–H and O–H groups in total. The topological polar surface area (TPSA) is 0 Å². The molecule has 0 aliphatic heterocycles. The van der Waals surface area contributed by atoms with Crippen LogP contribution in [0.2, 0.25) is 0 Å². The Labute approximate surface area is 86.5 Å². The molecule has 5 fully saturated rings. The predicted octanol–water partition coefficient (Wildman–Crippen LogP) is 3.18. The van der Waals surface area contributed by atoms with Crippen molar-refractivity contribution in [2.45, 2.75) is 32.6 Å².